The predicted molar refractivity (Wildman–Crippen MR) is 59.2 cm³/mol. The van der Waals surface area contributed by atoms with Crippen LogP contribution >= 0.6 is 0 Å². The topological polar surface area (TPSA) is 72.0 Å². The molecule has 1 aliphatic heterocycles. The number of rotatable bonds is 2. The number of hydroxylamine groups is 2. The molecular formula is C10H12F2N6O. The number of imidazole rings is 1. The summed E-state index contributed by atoms with van der Waals surface area (Å²) in [7, 11) is 1.71. The van der Waals surface area contributed by atoms with Crippen LogP contribution in [0.4, 0.5) is 8.78 Å². The van der Waals surface area contributed by atoms with Gasteiger partial charge in [0.1, 0.15) is 5.82 Å². The van der Waals surface area contributed by atoms with E-state index in [-0.39, 0.29) is 18.2 Å². The van der Waals surface area contributed by atoms with Crippen molar-refractivity contribution in [1.29, 1.82) is 0 Å². The van der Waals surface area contributed by atoms with E-state index in [9.17, 15) is 14.0 Å². The van der Waals surface area contributed by atoms with Gasteiger partial charge in [-0.15, -0.1) is 0 Å². The van der Waals surface area contributed by atoms with Crippen LogP contribution in [0.2, 0.25) is 0 Å². The van der Waals surface area contributed by atoms with Gasteiger partial charge in [0.15, 0.2) is 11.6 Å². The number of fused-ring (bicyclic) bond motifs is 1. The highest BCUT2D eigenvalue weighted by atomic mass is 19.3. The molecule has 0 fully saturated rings. The zero-order valence-corrected chi connectivity index (χ0v) is 10.4. The van der Waals surface area contributed by atoms with Crippen LogP contribution in [-0.4, -0.2) is 34.6 Å². The van der Waals surface area contributed by atoms with Gasteiger partial charge < -0.3 is 9.77 Å². The summed E-state index contributed by atoms with van der Waals surface area (Å²) in [5.41, 5.74) is 1.46. The first kappa shape index (κ1) is 12.2. The van der Waals surface area contributed by atoms with Crippen molar-refractivity contribution in [2.75, 3.05) is 0 Å². The monoisotopic (exact) mass is 270 g/mol. The van der Waals surface area contributed by atoms with Gasteiger partial charge in [0.05, 0.1) is 24.5 Å². The maximum Gasteiger partial charge on any atom is 0.335 e. The number of aryl methyl sites for hydroxylation is 1. The Morgan fingerprint density at radius 1 is 1.21 bits per heavy atom. The molecule has 102 valence electrons. The molecule has 0 spiro atoms. The summed E-state index contributed by atoms with van der Waals surface area (Å²) in [6.45, 7) is -0.614. The minimum atomic E-state index is -2.77. The van der Waals surface area contributed by atoms with Crippen molar-refractivity contribution >= 4 is 0 Å². The molecule has 3 rings (SSSR count). The number of hydrogen-bond acceptors (Lipinski definition) is 5. The highest BCUT2D eigenvalue weighted by Crippen LogP contribution is 2.27. The van der Waals surface area contributed by atoms with Crippen LogP contribution in [0, 0.1) is 6.92 Å². The minimum Gasteiger partial charge on any atom is -0.327 e. The number of halogens is 2. The van der Waals surface area contributed by atoms with Crippen molar-refractivity contribution in [3.8, 4) is 11.6 Å². The molecule has 0 atom stereocenters. The van der Waals surface area contributed by atoms with Crippen molar-refractivity contribution in [3.05, 3.63) is 17.2 Å². The van der Waals surface area contributed by atoms with Crippen LogP contribution in [0.1, 0.15) is 23.8 Å². The molecule has 2 aromatic rings. The second-order valence-electron chi connectivity index (χ2n) is 4.42. The van der Waals surface area contributed by atoms with E-state index in [4.69, 9.17) is 0 Å². The van der Waals surface area contributed by atoms with E-state index >= 15 is 0 Å². The molecule has 9 heteroatoms. The van der Waals surface area contributed by atoms with E-state index < -0.39 is 6.55 Å². The first-order valence-corrected chi connectivity index (χ1v) is 5.67. The minimum absolute atomic E-state index is 0.0360. The number of alkyl halides is 2. The fraction of sp³-hybridized carbons (Fsp3) is 0.500. The van der Waals surface area contributed by atoms with E-state index in [0.717, 1.165) is 10.8 Å². The standard InChI is InChI=1S/C10H12F2N6O/c1-5-13-9(18(15-5)10(11)12)8-14-6-3-17(19)4-7(6)16(8)2/h10,19H,3-4H2,1-2H3. The molecule has 0 radical (unpaired) electrons. The van der Waals surface area contributed by atoms with Crippen LogP contribution in [-0.2, 0) is 20.1 Å². The average Bonchev–Trinajstić information content (AvgIpc) is 2.94. The molecule has 7 nitrogen and oxygen atoms in total. The Morgan fingerprint density at radius 3 is 2.58 bits per heavy atom. The van der Waals surface area contributed by atoms with Gasteiger partial charge in [-0.1, -0.05) is 0 Å². The highest BCUT2D eigenvalue weighted by Gasteiger charge is 2.28. The van der Waals surface area contributed by atoms with E-state index in [0.29, 0.717) is 22.7 Å². The summed E-state index contributed by atoms with van der Waals surface area (Å²) in [4.78, 5) is 8.28. The van der Waals surface area contributed by atoms with Crippen molar-refractivity contribution < 1.29 is 14.0 Å². The van der Waals surface area contributed by atoms with Crippen LogP contribution in [0.5, 0.6) is 0 Å². The van der Waals surface area contributed by atoms with E-state index in [1.807, 2.05) is 0 Å². The van der Waals surface area contributed by atoms with Gasteiger partial charge in [0.25, 0.3) is 0 Å². The molecule has 1 N–H and O–H groups in total. The first-order valence-electron chi connectivity index (χ1n) is 5.67. The summed E-state index contributed by atoms with van der Waals surface area (Å²) in [6, 6.07) is 0. The van der Waals surface area contributed by atoms with Crippen molar-refractivity contribution in [1.82, 2.24) is 29.4 Å². The van der Waals surface area contributed by atoms with Crippen molar-refractivity contribution in [2.24, 2.45) is 7.05 Å². The van der Waals surface area contributed by atoms with Crippen LogP contribution in [0.25, 0.3) is 11.6 Å². The fourth-order valence-corrected chi connectivity index (χ4v) is 2.23. The Kier molecular flexibility index (Phi) is 2.61. The molecule has 0 amide bonds. The lowest BCUT2D eigenvalue weighted by atomic mass is 10.4. The van der Waals surface area contributed by atoms with Gasteiger partial charge in [-0.3, -0.25) is 0 Å². The zero-order chi connectivity index (χ0) is 13.7. The normalized spacial score (nSPS) is 15.5. The second-order valence-corrected chi connectivity index (χ2v) is 4.42. The Labute approximate surface area is 107 Å². The molecule has 0 saturated heterocycles. The molecule has 19 heavy (non-hydrogen) atoms. The Hall–Kier alpha value is -1.87. The predicted octanol–water partition coefficient (Wildman–Crippen LogP) is 1.09. The summed E-state index contributed by atoms with van der Waals surface area (Å²) >= 11 is 0. The van der Waals surface area contributed by atoms with Crippen molar-refractivity contribution in [3.63, 3.8) is 0 Å². The Morgan fingerprint density at radius 2 is 1.95 bits per heavy atom. The van der Waals surface area contributed by atoms with E-state index in [2.05, 4.69) is 15.1 Å². The Balaban J connectivity index is 2.12. The Bertz CT molecular complexity index is 634. The molecule has 2 aromatic heterocycles. The maximum atomic E-state index is 12.9. The number of aromatic nitrogens is 5. The summed E-state index contributed by atoms with van der Waals surface area (Å²) < 4.78 is 28.0. The largest absolute Gasteiger partial charge is 0.335 e. The van der Waals surface area contributed by atoms with Crippen molar-refractivity contribution in [2.45, 2.75) is 26.6 Å². The molecule has 0 unspecified atom stereocenters. The third-order valence-corrected chi connectivity index (χ3v) is 3.08. The number of hydrogen-bond donors (Lipinski definition) is 1. The molecular weight excluding hydrogens is 258 g/mol. The molecule has 0 saturated carbocycles. The molecule has 3 heterocycles. The lowest BCUT2D eigenvalue weighted by molar-refractivity contribution is -0.0984. The molecule has 0 bridgehead atoms. The summed E-state index contributed by atoms with van der Waals surface area (Å²) in [5, 5.41) is 14.2. The van der Waals surface area contributed by atoms with Crippen LogP contribution in [0.15, 0.2) is 0 Å². The third-order valence-electron chi connectivity index (χ3n) is 3.08. The summed E-state index contributed by atoms with van der Waals surface area (Å²) in [5.74, 6) is 0.634. The highest BCUT2D eigenvalue weighted by molar-refractivity contribution is 5.48. The van der Waals surface area contributed by atoms with E-state index in [1.165, 1.54) is 0 Å². The second kappa shape index (κ2) is 4.07. The van der Waals surface area contributed by atoms with Gasteiger partial charge in [0.2, 0.25) is 0 Å². The summed E-state index contributed by atoms with van der Waals surface area (Å²) in [6.07, 6.45) is 0. The van der Waals surface area contributed by atoms with Gasteiger partial charge in [0, 0.05) is 7.05 Å². The lowest BCUT2D eigenvalue weighted by Crippen LogP contribution is -2.13. The quantitative estimate of drug-likeness (QED) is 0.884. The van der Waals surface area contributed by atoms with Gasteiger partial charge >= 0.3 is 6.55 Å². The third kappa shape index (κ3) is 1.81. The van der Waals surface area contributed by atoms with Crippen LogP contribution < -0.4 is 0 Å². The smallest absolute Gasteiger partial charge is 0.327 e. The maximum absolute atomic E-state index is 12.9. The van der Waals surface area contributed by atoms with Crippen LogP contribution in [0.3, 0.4) is 0 Å². The lowest BCUT2D eigenvalue weighted by Gasteiger charge is -2.08. The SMILES string of the molecule is Cc1nc(-c2nc3c(n2C)CN(O)C3)n(C(F)F)n1. The first-order chi connectivity index (χ1) is 8.97. The van der Waals surface area contributed by atoms with Gasteiger partial charge in [-0.2, -0.15) is 23.6 Å². The number of nitrogens with zero attached hydrogens (tertiary/aromatic N) is 6. The van der Waals surface area contributed by atoms with Gasteiger partial charge in [-0.05, 0) is 6.92 Å². The molecule has 1 aliphatic rings. The average molecular weight is 270 g/mol. The zero-order valence-electron chi connectivity index (χ0n) is 10.4. The molecule has 0 aromatic carbocycles. The fourth-order valence-electron chi connectivity index (χ4n) is 2.23. The van der Waals surface area contributed by atoms with E-state index in [1.54, 1.807) is 18.5 Å². The molecule has 0 aliphatic carbocycles. The van der Waals surface area contributed by atoms with Gasteiger partial charge in [-0.25, -0.2) is 9.97 Å².